The van der Waals surface area contributed by atoms with Crippen LogP contribution < -0.4 is 5.32 Å². The van der Waals surface area contributed by atoms with E-state index in [9.17, 15) is 13.6 Å². The summed E-state index contributed by atoms with van der Waals surface area (Å²) in [5.74, 6) is 0.916. The lowest BCUT2D eigenvalue weighted by atomic mass is 10.1. The van der Waals surface area contributed by atoms with Crippen molar-refractivity contribution >= 4 is 17.7 Å². The van der Waals surface area contributed by atoms with Gasteiger partial charge in [0.1, 0.15) is 11.6 Å². The van der Waals surface area contributed by atoms with Crippen LogP contribution in [0.2, 0.25) is 0 Å². The normalized spacial score (nSPS) is 20.1. The number of halogens is 2. The van der Waals surface area contributed by atoms with Crippen LogP contribution in [-0.4, -0.2) is 41.9 Å². The number of thioether (sulfide) groups is 1. The molecule has 1 aliphatic rings. The van der Waals surface area contributed by atoms with Crippen LogP contribution in [0.4, 0.5) is 8.78 Å². The zero-order chi connectivity index (χ0) is 15.4. The number of hydrogen-bond donors (Lipinski definition) is 1. The predicted octanol–water partition coefficient (Wildman–Crippen LogP) is 2.58. The fraction of sp³-hybridized carbons (Fsp3) is 0.533. The Bertz CT molecular complexity index is 506. The summed E-state index contributed by atoms with van der Waals surface area (Å²) < 4.78 is 27.0. The van der Waals surface area contributed by atoms with E-state index in [0.717, 1.165) is 36.2 Å². The second kappa shape index (κ2) is 7.22. The van der Waals surface area contributed by atoms with Gasteiger partial charge in [-0.25, -0.2) is 8.78 Å². The molecule has 0 bridgehead atoms. The molecule has 0 spiro atoms. The third-order valence-corrected chi connectivity index (χ3v) is 4.93. The molecule has 1 aromatic carbocycles. The van der Waals surface area contributed by atoms with Gasteiger partial charge in [0.15, 0.2) is 0 Å². The molecule has 1 fully saturated rings. The number of rotatable bonds is 4. The van der Waals surface area contributed by atoms with E-state index in [0.29, 0.717) is 6.42 Å². The van der Waals surface area contributed by atoms with Crippen LogP contribution >= 0.6 is 11.8 Å². The lowest BCUT2D eigenvalue weighted by Crippen LogP contribution is -2.42. The summed E-state index contributed by atoms with van der Waals surface area (Å²) in [5, 5.41) is 3.30. The van der Waals surface area contributed by atoms with Crippen LogP contribution in [-0.2, 0) is 4.79 Å². The quantitative estimate of drug-likeness (QED) is 0.927. The number of amides is 1. The number of benzene rings is 1. The van der Waals surface area contributed by atoms with Gasteiger partial charge in [0, 0.05) is 43.1 Å². The monoisotopic (exact) mass is 314 g/mol. The lowest BCUT2D eigenvalue weighted by Gasteiger charge is -2.29. The van der Waals surface area contributed by atoms with Gasteiger partial charge in [-0.05, 0) is 25.1 Å². The Labute approximate surface area is 128 Å². The third kappa shape index (κ3) is 4.17. The first-order valence-electron chi connectivity index (χ1n) is 7.00. The smallest absolute Gasteiger partial charge is 0.224 e. The van der Waals surface area contributed by atoms with E-state index < -0.39 is 17.7 Å². The van der Waals surface area contributed by atoms with Crippen LogP contribution in [0.1, 0.15) is 24.9 Å². The van der Waals surface area contributed by atoms with E-state index >= 15 is 0 Å². The first kappa shape index (κ1) is 16.2. The van der Waals surface area contributed by atoms with Gasteiger partial charge >= 0.3 is 0 Å². The van der Waals surface area contributed by atoms with Crippen molar-refractivity contribution < 1.29 is 13.6 Å². The summed E-state index contributed by atoms with van der Waals surface area (Å²) >= 11 is 1.82. The number of carbonyl (C=O) groups is 1. The van der Waals surface area contributed by atoms with E-state index in [2.05, 4.69) is 5.32 Å². The standard InChI is InChI=1S/C15H20F2N2OS/c1-10(13-7-11(16)3-4-14(13)17)19(2)15(20)8-12-9-21-6-5-18-12/h3-4,7,10,12,18H,5-6,8-9H2,1-2H3. The highest BCUT2D eigenvalue weighted by Crippen LogP contribution is 2.24. The molecule has 0 aliphatic carbocycles. The highest BCUT2D eigenvalue weighted by atomic mass is 32.2. The van der Waals surface area contributed by atoms with Crippen LogP contribution in [0.5, 0.6) is 0 Å². The average molecular weight is 314 g/mol. The van der Waals surface area contributed by atoms with E-state index in [4.69, 9.17) is 0 Å². The molecule has 2 unspecified atom stereocenters. The molecular formula is C15H20F2N2OS. The molecule has 1 aliphatic heterocycles. The molecule has 2 atom stereocenters. The summed E-state index contributed by atoms with van der Waals surface area (Å²) in [6.07, 6.45) is 0.380. The number of carbonyl (C=O) groups excluding carboxylic acids is 1. The first-order valence-corrected chi connectivity index (χ1v) is 8.16. The Morgan fingerprint density at radius 1 is 1.52 bits per heavy atom. The van der Waals surface area contributed by atoms with Gasteiger partial charge < -0.3 is 10.2 Å². The molecule has 2 rings (SSSR count). The zero-order valence-corrected chi connectivity index (χ0v) is 13.1. The van der Waals surface area contributed by atoms with Crippen LogP contribution in [0, 0.1) is 11.6 Å². The maximum atomic E-state index is 13.8. The van der Waals surface area contributed by atoms with Crippen molar-refractivity contribution in [2.75, 3.05) is 25.1 Å². The van der Waals surface area contributed by atoms with E-state index in [1.807, 2.05) is 11.8 Å². The molecule has 1 N–H and O–H groups in total. The average Bonchev–Trinajstić information content (AvgIpc) is 2.49. The van der Waals surface area contributed by atoms with Crippen molar-refractivity contribution in [2.45, 2.75) is 25.4 Å². The molecule has 1 saturated heterocycles. The van der Waals surface area contributed by atoms with Crippen molar-refractivity contribution in [3.63, 3.8) is 0 Å². The van der Waals surface area contributed by atoms with E-state index in [-0.39, 0.29) is 17.5 Å². The fourth-order valence-corrected chi connectivity index (χ4v) is 3.31. The fourth-order valence-electron chi connectivity index (χ4n) is 2.36. The third-order valence-electron chi connectivity index (χ3n) is 3.80. The molecule has 6 heteroatoms. The van der Waals surface area contributed by atoms with Crippen molar-refractivity contribution in [2.24, 2.45) is 0 Å². The van der Waals surface area contributed by atoms with Gasteiger partial charge in [-0.1, -0.05) is 0 Å². The highest BCUT2D eigenvalue weighted by Gasteiger charge is 2.24. The maximum Gasteiger partial charge on any atom is 0.224 e. The lowest BCUT2D eigenvalue weighted by molar-refractivity contribution is -0.132. The molecule has 1 heterocycles. The van der Waals surface area contributed by atoms with Gasteiger partial charge in [0.05, 0.1) is 6.04 Å². The van der Waals surface area contributed by atoms with Crippen molar-refractivity contribution in [1.82, 2.24) is 10.2 Å². The van der Waals surface area contributed by atoms with Crippen LogP contribution in [0.3, 0.4) is 0 Å². The predicted molar refractivity (Wildman–Crippen MR) is 81.3 cm³/mol. The zero-order valence-electron chi connectivity index (χ0n) is 12.2. The highest BCUT2D eigenvalue weighted by molar-refractivity contribution is 7.99. The summed E-state index contributed by atoms with van der Waals surface area (Å²) in [5.41, 5.74) is 0.205. The van der Waals surface area contributed by atoms with Gasteiger partial charge in [-0.2, -0.15) is 11.8 Å². The van der Waals surface area contributed by atoms with Crippen molar-refractivity contribution in [1.29, 1.82) is 0 Å². The topological polar surface area (TPSA) is 32.3 Å². The minimum absolute atomic E-state index is 0.0637. The van der Waals surface area contributed by atoms with E-state index in [1.54, 1.807) is 14.0 Å². The molecule has 3 nitrogen and oxygen atoms in total. The molecule has 0 radical (unpaired) electrons. The minimum atomic E-state index is -0.496. The minimum Gasteiger partial charge on any atom is -0.339 e. The summed E-state index contributed by atoms with van der Waals surface area (Å²) in [4.78, 5) is 13.8. The van der Waals surface area contributed by atoms with E-state index in [1.165, 1.54) is 4.90 Å². The Balaban J connectivity index is 2.02. The Morgan fingerprint density at radius 3 is 2.95 bits per heavy atom. The van der Waals surface area contributed by atoms with Gasteiger partial charge in [0.25, 0.3) is 0 Å². The molecule has 1 aromatic rings. The summed E-state index contributed by atoms with van der Waals surface area (Å²) in [6.45, 7) is 2.61. The Hall–Kier alpha value is -1.14. The second-order valence-electron chi connectivity index (χ2n) is 5.28. The van der Waals surface area contributed by atoms with Gasteiger partial charge in [-0.15, -0.1) is 0 Å². The van der Waals surface area contributed by atoms with Crippen molar-refractivity contribution in [3.8, 4) is 0 Å². The van der Waals surface area contributed by atoms with Crippen LogP contribution in [0.25, 0.3) is 0 Å². The van der Waals surface area contributed by atoms with Crippen LogP contribution in [0.15, 0.2) is 18.2 Å². The second-order valence-corrected chi connectivity index (χ2v) is 6.43. The van der Waals surface area contributed by atoms with Crippen molar-refractivity contribution in [3.05, 3.63) is 35.4 Å². The van der Waals surface area contributed by atoms with Gasteiger partial charge in [-0.3, -0.25) is 4.79 Å². The molecule has 1 amide bonds. The SMILES string of the molecule is CC(c1cc(F)ccc1F)N(C)C(=O)CC1CSCCN1. The molecule has 21 heavy (non-hydrogen) atoms. The number of hydrogen-bond acceptors (Lipinski definition) is 3. The molecule has 116 valence electrons. The summed E-state index contributed by atoms with van der Waals surface area (Å²) in [6, 6.07) is 2.99. The number of nitrogens with one attached hydrogen (secondary N) is 1. The first-order chi connectivity index (χ1) is 9.99. The number of nitrogens with zero attached hydrogens (tertiary/aromatic N) is 1. The molecular weight excluding hydrogens is 294 g/mol. The summed E-state index contributed by atoms with van der Waals surface area (Å²) in [7, 11) is 1.63. The molecule has 0 aromatic heterocycles. The maximum absolute atomic E-state index is 13.8. The Kier molecular flexibility index (Phi) is 5.58. The Morgan fingerprint density at radius 2 is 2.29 bits per heavy atom. The largest absolute Gasteiger partial charge is 0.339 e. The van der Waals surface area contributed by atoms with Gasteiger partial charge in [0.2, 0.25) is 5.91 Å². The molecule has 0 saturated carbocycles.